The lowest BCUT2D eigenvalue weighted by atomic mass is 10.2. The summed E-state index contributed by atoms with van der Waals surface area (Å²) < 4.78 is 0. The average Bonchev–Trinajstić information content (AvgIpc) is 2.88. The Hall–Kier alpha value is -3.59. The van der Waals surface area contributed by atoms with Gasteiger partial charge in [0.25, 0.3) is 5.91 Å². The van der Waals surface area contributed by atoms with Crippen LogP contribution in [0.4, 0.5) is 11.4 Å². The molecule has 0 spiro atoms. The van der Waals surface area contributed by atoms with Crippen molar-refractivity contribution in [1.82, 2.24) is 5.43 Å². The van der Waals surface area contributed by atoms with Crippen LogP contribution in [0.15, 0.2) is 72.0 Å². The van der Waals surface area contributed by atoms with E-state index in [0.29, 0.717) is 22.6 Å². The Bertz CT molecular complexity index is 836. The molecule has 23 heavy (non-hydrogen) atoms. The lowest BCUT2D eigenvalue weighted by Crippen LogP contribution is -2.34. The molecule has 0 unspecified atom stereocenters. The van der Waals surface area contributed by atoms with E-state index in [2.05, 4.69) is 28.6 Å². The molecule has 1 fully saturated rings. The quantitative estimate of drug-likeness (QED) is 0.853. The molecule has 2 N–H and O–H groups in total. The molecule has 1 aliphatic rings. The fourth-order valence-electron chi connectivity index (χ4n) is 2.14. The van der Waals surface area contributed by atoms with Crippen molar-refractivity contribution in [3.05, 3.63) is 72.4 Å². The second-order valence-corrected chi connectivity index (χ2v) is 4.80. The van der Waals surface area contributed by atoms with Crippen molar-refractivity contribution in [2.24, 2.45) is 5.10 Å². The van der Waals surface area contributed by atoms with Gasteiger partial charge in [-0.05, 0) is 24.3 Å². The lowest BCUT2D eigenvalue weighted by molar-refractivity contribution is -0.112. The monoisotopic (exact) mass is 303 g/mol. The normalized spacial score (nSPS) is 15.4. The minimum Gasteiger partial charge on any atom is -0.289 e. The fraction of sp³-hybridized carbons (Fsp3) is 0. The second-order valence-electron chi connectivity index (χ2n) is 4.80. The summed E-state index contributed by atoms with van der Waals surface area (Å²) in [7, 11) is 0. The van der Waals surface area contributed by atoms with Crippen molar-refractivity contribution in [1.29, 1.82) is 5.26 Å². The van der Waals surface area contributed by atoms with E-state index in [4.69, 9.17) is 5.26 Å². The van der Waals surface area contributed by atoms with E-state index in [1.165, 1.54) is 5.01 Å². The zero-order valence-corrected chi connectivity index (χ0v) is 12.2. The van der Waals surface area contributed by atoms with Crippen LogP contribution in [0.25, 0.3) is 0 Å². The molecule has 3 rings (SSSR count). The Morgan fingerprint density at radius 2 is 1.83 bits per heavy atom. The lowest BCUT2D eigenvalue weighted by Gasteiger charge is -2.14. The van der Waals surface area contributed by atoms with Gasteiger partial charge >= 0.3 is 0 Å². The molecule has 1 saturated heterocycles. The molecule has 2 aromatic rings. The van der Waals surface area contributed by atoms with Crippen molar-refractivity contribution in [2.45, 2.75) is 0 Å². The standard InChI is InChI=1S/C17H13N5O/c1-12-16(20-19-15-10-6-5-7-13(15)11-18)17(23)22(21-12)14-8-3-2-4-9-14/h2-10,19,21H,1H2. The van der Waals surface area contributed by atoms with Gasteiger partial charge in [0.2, 0.25) is 0 Å². The van der Waals surface area contributed by atoms with Crippen molar-refractivity contribution in [2.75, 3.05) is 10.4 Å². The zero-order valence-electron chi connectivity index (χ0n) is 12.2. The van der Waals surface area contributed by atoms with Gasteiger partial charge in [0.15, 0.2) is 5.71 Å². The summed E-state index contributed by atoms with van der Waals surface area (Å²) in [6.45, 7) is 3.81. The molecule has 0 aromatic heterocycles. The molecule has 112 valence electrons. The van der Waals surface area contributed by atoms with Crippen molar-refractivity contribution >= 4 is 23.0 Å². The van der Waals surface area contributed by atoms with Crippen molar-refractivity contribution in [3.63, 3.8) is 0 Å². The molecule has 0 radical (unpaired) electrons. The number of nitrogens with zero attached hydrogens (tertiary/aromatic N) is 3. The van der Waals surface area contributed by atoms with Crippen LogP contribution in [-0.4, -0.2) is 11.6 Å². The molecule has 2 aromatic carbocycles. The van der Waals surface area contributed by atoms with Gasteiger partial charge in [0.1, 0.15) is 6.07 Å². The third-order valence-electron chi connectivity index (χ3n) is 3.29. The van der Waals surface area contributed by atoms with Crippen LogP contribution in [0.2, 0.25) is 0 Å². The molecule has 0 atom stereocenters. The number of carbonyl (C=O) groups is 1. The number of nitriles is 1. The number of hydrazine groups is 1. The third-order valence-corrected chi connectivity index (χ3v) is 3.29. The smallest absolute Gasteiger partial charge is 0.289 e. The Balaban J connectivity index is 1.85. The van der Waals surface area contributed by atoms with Crippen LogP contribution < -0.4 is 15.9 Å². The Kier molecular flexibility index (Phi) is 3.77. The number of nitrogens with one attached hydrogen (secondary N) is 2. The molecular weight excluding hydrogens is 290 g/mol. The molecule has 0 bridgehead atoms. The van der Waals surface area contributed by atoms with Gasteiger partial charge in [-0.3, -0.25) is 15.6 Å². The first-order chi connectivity index (χ1) is 11.2. The van der Waals surface area contributed by atoms with Crippen LogP contribution in [0.5, 0.6) is 0 Å². The minimum atomic E-state index is -0.317. The van der Waals surface area contributed by atoms with Gasteiger partial charge in [-0.2, -0.15) is 10.4 Å². The number of carbonyl (C=O) groups excluding carboxylic acids is 1. The largest absolute Gasteiger partial charge is 0.299 e. The van der Waals surface area contributed by atoms with E-state index in [1.807, 2.05) is 18.2 Å². The number of hydrogen-bond donors (Lipinski definition) is 2. The van der Waals surface area contributed by atoms with E-state index in [0.717, 1.165) is 0 Å². The number of anilines is 2. The van der Waals surface area contributed by atoms with Crippen LogP contribution >= 0.6 is 0 Å². The minimum absolute atomic E-state index is 0.168. The molecule has 1 heterocycles. The van der Waals surface area contributed by atoms with Crippen LogP contribution in [0.3, 0.4) is 0 Å². The Morgan fingerprint density at radius 3 is 2.57 bits per heavy atom. The molecule has 6 nitrogen and oxygen atoms in total. The summed E-state index contributed by atoms with van der Waals surface area (Å²) in [5, 5.41) is 14.5. The van der Waals surface area contributed by atoms with Crippen molar-refractivity contribution in [3.8, 4) is 6.07 Å². The van der Waals surface area contributed by atoms with Gasteiger partial charge in [-0.15, -0.1) is 0 Å². The average molecular weight is 303 g/mol. The summed E-state index contributed by atoms with van der Waals surface area (Å²) in [5.41, 5.74) is 7.87. The maximum Gasteiger partial charge on any atom is 0.299 e. The molecule has 6 heteroatoms. The predicted molar refractivity (Wildman–Crippen MR) is 88.4 cm³/mol. The van der Waals surface area contributed by atoms with E-state index < -0.39 is 0 Å². The van der Waals surface area contributed by atoms with Crippen molar-refractivity contribution < 1.29 is 4.79 Å². The third kappa shape index (κ3) is 2.76. The topological polar surface area (TPSA) is 80.5 Å². The highest BCUT2D eigenvalue weighted by Crippen LogP contribution is 2.19. The summed E-state index contributed by atoms with van der Waals surface area (Å²) >= 11 is 0. The molecular formula is C17H13N5O. The van der Waals surface area contributed by atoms with E-state index in [-0.39, 0.29) is 11.6 Å². The maximum absolute atomic E-state index is 12.5. The molecule has 1 aliphatic heterocycles. The van der Waals surface area contributed by atoms with E-state index >= 15 is 0 Å². The van der Waals surface area contributed by atoms with E-state index in [9.17, 15) is 4.79 Å². The summed E-state index contributed by atoms with van der Waals surface area (Å²) in [6, 6.07) is 18.1. The fourth-order valence-corrected chi connectivity index (χ4v) is 2.14. The number of hydrogen-bond acceptors (Lipinski definition) is 5. The number of para-hydroxylation sites is 2. The van der Waals surface area contributed by atoms with Gasteiger partial charge in [-0.25, -0.2) is 5.01 Å². The highest BCUT2D eigenvalue weighted by Gasteiger charge is 2.32. The Labute approximate surface area is 133 Å². The second kappa shape index (κ2) is 6.03. The number of hydrazone groups is 1. The molecule has 0 saturated carbocycles. The maximum atomic E-state index is 12.5. The molecule has 0 aliphatic carbocycles. The SMILES string of the molecule is C=C1NN(c2ccccc2)C(=O)C1=NNc1ccccc1C#N. The van der Waals surface area contributed by atoms with Gasteiger partial charge in [0.05, 0.1) is 22.6 Å². The first-order valence-electron chi connectivity index (χ1n) is 6.89. The van der Waals surface area contributed by atoms with Gasteiger partial charge < -0.3 is 0 Å². The predicted octanol–water partition coefficient (Wildman–Crippen LogP) is 2.39. The number of benzene rings is 2. The van der Waals surface area contributed by atoms with Crippen LogP contribution in [-0.2, 0) is 4.79 Å². The summed E-state index contributed by atoms with van der Waals surface area (Å²) in [6.07, 6.45) is 0. The first-order valence-corrected chi connectivity index (χ1v) is 6.89. The Morgan fingerprint density at radius 1 is 1.13 bits per heavy atom. The number of rotatable bonds is 3. The van der Waals surface area contributed by atoms with Crippen LogP contribution in [0, 0.1) is 11.3 Å². The first kappa shape index (κ1) is 14.4. The highest BCUT2D eigenvalue weighted by atomic mass is 16.2. The highest BCUT2D eigenvalue weighted by molar-refractivity contribution is 6.51. The van der Waals surface area contributed by atoms with Crippen LogP contribution in [0.1, 0.15) is 5.56 Å². The molecule has 1 amide bonds. The van der Waals surface area contributed by atoms with Gasteiger partial charge in [0, 0.05) is 0 Å². The van der Waals surface area contributed by atoms with E-state index in [1.54, 1.807) is 36.4 Å². The summed E-state index contributed by atoms with van der Waals surface area (Å²) in [4.78, 5) is 12.5. The summed E-state index contributed by atoms with van der Waals surface area (Å²) in [5.74, 6) is -0.317. The van der Waals surface area contributed by atoms with Gasteiger partial charge in [-0.1, -0.05) is 36.9 Å². The zero-order chi connectivity index (χ0) is 16.2. The number of amides is 1.